The third-order valence-corrected chi connectivity index (χ3v) is 4.26. The molecule has 0 aliphatic rings. The predicted octanol–water partition coefficient (Wildman–Crippen LogP) is 2.64. The van der Waals surface area contributed by atoms with E-state index in [0.29, 0.717) is 22.7 Å². The van der Waals surface area contributed by atoms with E-state index in [4.69, 9.17) is 14.2 Å². The van der Waals surface area contributed by atoms with Crippen molar-refractivity contribution >= 4 is 23.5 Å². The van der Waals surface area contributed by atoms with Gasteiger partial charge < -0.3 is 24.8 Å². The third kappa shape index (κ3) is 6.23. The number of hydrogen-bond acceptors (Lipinski definition) is 6. The first-order chi connectivity index (χ1) is 14.3. The number of esters is 1. The summed E-state index contributed by atoms with van der Waals surface area (Å²) in [6.07, 6.45) is 0. The minimum absolute atomic E-state index is 0.223. The Morgan fingerprint density at radius 1 is 0.933 bits per heavy atom. The van der Waals surface area contributed by atoms with Gasteiger partial charge in [0.1, 0.15) is 6.04 Å². The maximum atomic E-state index is 12.4. The molecule has 0 heterocycles. The Hall–Kier alpha value is -3.55. The van der Waals surface area contributed by atoms with Crippen LogP contribution in [0.25, 0.3) is 0 Å². The van der Waals surface area contributed by atoms with Gasteiger partial charge in [-0.2, -0.15) is 0 Å². The van der Waals surface area contributed by atoms with E-state index >= 15 is 0 Å². The van der Waals surface area contributed by atoms with E-state index in [1.165, 1.54) is 14.2 Å². The van der Waals surface area contributed by atoms with Crippen molar-refractivity contribution in [3.63, 3.8) is 0 Å². The van der Waals surface area contributed by atoms with Gasteiger partial charge in [0, 0.05) is 17.3 Å². The van der Waals surface area contributed by atoms with Crippen LogP contribution in [0.1, 0.15) is 24.2 Å². The first-order valence-electron chi connectivity index (χ1n) is 9.40. The van der Waals surface area contributed by atoms with E-state index in [0.717, 1.165) is 0 Å². The fourth-order valence-electron chi connectivity index (χ4n) is 2.65. The quantitative estimate of drug-likeness (QED) is 0.612. The summed E-state index contributed by atoms with van der Waals surface area (Å²) < 4.78 is 15.4. The van der Waals surface area contributed by atoms with Gasteiger partial charge in [-0.15, -0.1) is 0 Å². The maximum Gasteiger partial charge on any atom is 0.329 e. The molecule has 160 valence electrons. The summed E-state index contributed by atoms with van der Waals surface area (Å²) in [5, 5.41) is 5.28. The smallest absolute Gasteiger partial charge is 0.329 e. The van der Waals surface area contributed by atoms with Crippen LogP contribution in [0.2, 0.25) is 0 Å². The first kappa shape index (κ1) is 22.7. The number of nitrogens with one attached hydrogen (secondary N) is 2. The van der Waals surface area contributed by atoms with Crippen molar-refractivity contribution in [2.45, 2.75) is 19.9 Å². The van der Waals surface area contributed by atoms with Crippen LogP contribution in [0.15, 0.2) is 48.5 Å². The Balaban J connectivity index is 1.93. The van der Waals surface area contributed by atoms with Crippen LogP contribution in [0.3, 0.4) is 0 Å². The summed E-state index contributed by atoms with van der Waals surface area (Å²) >= 11 is 0. The zero-order valence-corrected chi connectivity index (χ0v) is 17.4. The van der Waals surface area contributed by atoms with E-state index in [1.807, 2.05) is 0 Å². The van der Waals surface area contributed by atoms with Gasteiger partial charge in [0.25, 0.3) is 11.8 Å². The fraction of sp³-hybridized carbons (Fsp3) is 0.318. The molecule has 2 rings (SSSR count). The summed E-state index contributed by atoms with van der Waals surface area (Å²) in [5.41, 5.74) is 0.897. The molecule has 2 amide bonds. The lowest BCUT2D eigenvalue weighted by molar-refractivity contribution is -0.150. The summed E-state index contributed by atoms with van der Waals surface area (Å²) in [6, 6.07) is 12.5. The highest BCUT2D eigenvalue weighted by Gasteiger charge is 2.26. The van der Waals surface area contributed by atoms with Crippen molar-refractivity contribution in [1.29, 1.82) is 0 Å². The Bertz CT molecular complexity index is 882. The lowest BCUT2D eigenvalue weighted by Crippen LogP contribution is -2.45. The number of hydrogen-bond donors (Lipinski definition) is 2. The van der Waals surface area contributed by atoms with Gasteiger partial charge >= 0.3 is 5.97 Å². The van der Waals surface area contributed by atoms with Gasteiger partial charge in [-0.25, -0.2) is 4.79 Å². The topological polar surface area (TPSA) is 103 Å². The normalized spacial score (nSPS) is 11.4. The number of methoxy groups -OCH3 is 2. The van der Waals surface area contributed by atoms with Crippen LogP contribution in [-0.2, 0) is 14.3 Å². The van der Waals surface area contributed by atoms with Crippen molar-refractivity contribution in [1.82, 2.24) is 5.32 Å². The number of carbonyl (C=O) groups is 3. The molecule has 0 saturated heterocycles. The number of anilines is 1. The fourth-order valence-corrected chi connectivity index (χ4v) is 2.65. The molecule has 2 N–H and O–H groups in total. The molecule has 8 heteroatoms. The highest BCUT2D eigenvalue weighted by molar-refractivity contribution is 5.97. The Morgan fingerprint density at radius 2 is 1.60 bits per heavy atom. The molecule has 0 unspecified atom stereocenters. The van der Waals surface area contributed by atoms with E-state index in [-0.39, 0.29) is 11.8 Å². The molecule has 0 spiro atoms. The second-order valence-corrected chi connectivity index (χ2v) is 6.79. The molecule has 0 aliphatic carbocycles. The Kier molecular flexibility index (Phi) is 8.22. The molecule has 0 radical (unpaired) electrons. The zero-order valence-electron chi connectivity index (χ0n) is 17.4. The molecule has 30 heavy (non-hydrogen) atoms. The SMILES string of the molecule is COc1ccc(NC(=O)COC(=O)[C@@H](NC(=O)c2ccccc2)C(C)C)cc1OC. The standard InChI is InChI=1S/C22H26N2O6/c1-14(2)20(24-21(26)15-8-6-5-7-9-15)22(27)30-13-19(25)23-16-10-11-17(28-3)18(12-16)29-4/h5-12,14,20H,13H2,1-4H3,(H,23,25)(H,24,26)/t20-/m0/s1. The van der Waals surface area contributed by atoms with Gasteiger partial charge in [0.2, 0.25) is 0 Å². The second-order valence-electron chi connectivity index (χ2n) is 6.79. The number of ether oxygens (including phenoxy) is 3. The first-order valence-corrected chi connectivity index (χ1v) is 9.40. The van der Waals surface area contributed by atoms with Crippen LogP contribution in [0.5, 0.6) is 11.5 Å². The van der Waals surface area contributed by atoms with Crippen molar-refractivity contribution in [2.24, 2.45) is 5.92 Å². The van der Waals surface area contributed by atoms with Crippen LogP contribution < -0.4 is 20.1 Å². The molecule has 0 saturated carbocycles. The molecule has 2 aromatic carbocycles. The average Bonchev–Trinajstić information content (AvgIpc) is 2.75. The van der Waals surface area contributed by atoms with Crippen LogP contribution in [-0.4, -0.2) is 44.7 Å². The second kappa shape index (κ2) is 10.8. The van der Waals surface area contributed by atoms with E-state index in [2.05, 4.69) is 10.6 Å². The lowest BCUT2D eigenvalue weighted by atomic mass is 10.0. The van der Waals surface area contributed by atoms with Crippen molar-refractivity contribution in [2.75, 3.05) is 26.1 Å². The van der Waals surface area contributed by atoms with Crippen LogP contribution in [0.4, 0.5) is 5.69 Å². The van der Waals surface area contributed by atoms with E-state index < -0.39 is 24.5 Å². The largest absolute Gasteiger partial charge is 0.493 e. The molecular formula is C22H26N2O6. The molecular weight excluding hydrogens is 388 g/mol. The maximum absolute atomic E-state index is 12.4. The number of rotatable bonds is 9. The van der Waals surface area contributed by atoms with Crippen LogP contribution in [0, 0.1) is 5.92 Å². The van der Waals surface area contributed by atoms with Gasteiger partial charge in [-0.3, -0.25) is 9.59 Å². The summed E-state index contributed by atoms with van der Waals surface area (Å²) in [7, 11) is 3.00. The van der Waals surface area contributed by atoms with Crippen molar-refractivity contribution in [3.8, 4) is 11.5 Å². The number of benzene rings is 2. The minimum atomic E-state index is -0.883. The highest BCUT2D eigenvalue weighted by Crippen LogP contribution is 2.29. The molecule has 2 aromatic rings. The van der Waals surface area contributed by atoms with E-state index in [1.54, 1.807) is 62.4 Å². The van der Waals surface area contributed by atoms with Gasteiger partial charge in [-0.1, -0.05) is 32.0 Å². The van der Waals surface area contributed by atoms with Gasteiger partial charge in [0.15, 0.2) is 18.1 Å². The van der Waals surface area contributed by atoms with Gasteiger partial charge in [0.05, 0.1) is 14.2 Å². The van der Waals surface area contributed by atoms with Crippen molar-refractivity contribution in [3.05, 3.63) is 54.1 Å². The van der Waals surface area contributed by atoms with Crippen LogP contribution >= 0.6 is 0 Å². The molecule has 8 nitrogen and oxygen atoms in total. The Morgan fingerprint density at radius 3 is 2.20 bits per heavy atom. The third-order valence-electron chi connectivity index (χ3n) is 4.26. The minimum Gasteiger partial charge on any atom is -0.493 e. The summed E-state index contributed by atoms with van der Waals surface area (Å²) in [6.45, 7) is 3.07. The van der Waals surface area contributed by atoms with Crippen molar-refractivity contribution < 1.29 is 28.6 Å². The van der Waals surface area contributed by atoms with Gasteiger partial charge in [-0.05, 0) is 30.2 Å². The molecule has 0 aliphatic heterocycles. The molecule has 0 aromatic heterocycles. The Labute approximate surface area is 175 Å². The monoisotopic (exact) mass is 414 g/mol. The summed E-state index contributed by atoms with van der Waals surface area (Å²) in [5.74, 6) is -0.837. The zero-order chi connectivity index (χ0) is 22.1. The highest BCUT2D eigenvalue weighted by atomic mass is 16.5. The molecule has 0 bridgehead atoms. The molecule has 0 fully saturated rings. The number of amides is 2. The number of carbonyl (C=O) groups excluding carboxylic acids is 3. The summed E-state index contributed by atoms with van der Waals surface area (Å²) in [4.78, 5) is 36.9. The predicted molar refractivity (Wildman–Crippen MR) is 112 cm³/mol. The average molecular weight is 414 g/mol. The molecule has 1 atom stereocenters. The lowest BCUT2D eigenvalue weighted by Gasteiger charge is -2.20. The van der Waals surface area contributed by atoms with E-state index in [9.17, 15) is 14.4 Å².